The van der Waals surface area contributed by atoms with Crippen LogP contribution in [0, 0.1) is 33.3 Å². The van der Waals surface area contributed by atoms with Crippen LogP contribution in [0.2, 0.25) is 0 Å². The van der Waals surface area contributed by atoms with E-state index in [1.54, 1.807) is 36.4 Å². The minimum absolute atomic E-state index is 0.00128. The van der Waals surface area contributed by atoms with E-state index in [2.05, 4.69) is 45.3 Å². The maximum absolute atomic E-state index is 13.6. The Hall–Kier alpha value is -3.24. The van der Waals surface area contributed by atoms with Gasteiger partial charge in [0.25, 0.3) is 11.6 Å². The molecule has 0 aromatic heterocycles. The zero-order valence-corrected chi connectivity index (χ0v) is 24.5. The van der Waals surface area contributed by atoms with Gasteiger partial charge in [-0.25, -0.2) is 0 Å². The van der Waals surface area contributed by atoms with Crippen molar-refractivity contribution in [2.24, 2.45) is 23.2 Å². The molecule has 3 aliphatic carbocycles. The van der Waals surface area contributed by atoms with Gasteiger partial charge in [0.2, 0.25) is 5.91 Å². The molecule has 1 heterocycles. The van der Waals surface area contributed by atoms with Gasteiger partial charge in [-0.05, 0) is 67.1 Å². The molecule has 1 saturated heterocycles. The van der Waals surface area contributed by atoms with E-state index in [0.29, 0.717) is 29.4 Å². The molecule has 10 heteroatoms. The summed E-state index contributed by atoms with van der Waals surface area (Å²) < 4.78 is 13.2. The Kier molecular flexibility index (Phi) is 8.00. The summed E-state index contributed by atoms with van der Waals surface area (Å²) in [6, 6.07) is 13.9. The normalized spacial score (nSPS) is 27.4. The number of carbonyl (C=O) groups is 2. The van der Waals surface area contributed by atoms with Crippen molar-refractivity contribution in [3.05, 3.63) is 75.8 Å². The summed E-state index contributed by atoms with van der Waals surface area (Å²) in [7, 11) is -0.568. The molecule has 3 saturated carbocycles. The Balaban J connectivity index is 1.33. The Morgan fingerprint density at radius 1 is 1.07 bits per heavy atom. The molecule has 0 spiro atoms. The molecule has 2 aromatic carbocycles. The highest BCUT2D eigenvalue weighted by atomic mass is 16.7. The zero-order chi connectivity index (χ0) is 29.5. The van der Waals surface area contributed by atoms with Crippen LogP contribution in [0.4, 0.5) is 5.69 Å². The van der Waals surface area contributed by atoms with Crippen molar-refractivity contribution in [3.8, 4) is 0 Å². The predicted octanol–water partition coefficient (Wildman–Crippen LogP) is 5.25. The average Bonchev–Trinajstić information content (AvgIpc) is 3.29. The van der Waals surface area contributed by atoms with Crippen LogP contribution >= 0.6 is 0 Å². The van der Waals surface area contributed by atoms with Gasteiger partial charge in [0.15, 0.2) is 0 Å². The first-order valence-electron chi connectivity index (χ1n) is 14.6. The number of benzene rings is 2. The molecule has 218 valence electrons. The van der Waals surface area contributed by atoms with E-state index < -0.39 is 23.7 Å². The molecule has 4 aliphatic rings. The van der Waals surface area contributed by atoms with Crippen LogP contribution in [0.25, 0.3) is 0 Å². The maximum Gasteiger partial charge on any atom is 0.481 e. The van der Waals surface area contributed by atoms with E-state index >= 15 is 0 Å². The molecule has 6 atom stereocenters. The number of nitro benzene ring substituents is 1. The van der Waals surface area contributed by atoms with Crippen molar-refractivity contribution in [3.63, 3.8) is 0 Å². The van der Waals surface area contributed by atoms with Gasteiger partial charge in [-0.15, -0.1) is 0 Å². The Morgan fingerprint density at radius 2 is 1.80 bits per heavy atom. The van der Waals surface area contributed by atoms with Crippen molar-refractivity contribution in [2.45, 2.75) is 84.0 Å². The van der Waals surface area contributed by atoms with Crippen molar-refractivity contribution < 1.29 is 23.8 Å². The molecule has 4 fully saturated rings. The molecule has 1 aliphatic heterocycles. The fourth-order valence-electron chi connectivity index (χ4n) is 7.21. The SMILES string of the molecule is CC(C)C[C@H](NC(=O)CC(NC(=O)c1ccccc1)c1cccc([N+](=O)[O-])c1)B1O[C@@H]2C[C@@H]3C[C@@H](C3(C)C)[C@]2(C)O1. The number of nitrogens with zero attached hydrogens (tertiary/aromatic N) is 1. The molecule has 0 radical (unpaired) electrons. The van der Waals surface area contributed by atoms with E-state index in [-0.39, 0.29) is 47.3 Å². The first-order chi connectivity index (χ1) is 19.4. The number of amides is 2. The second-order valence-electron chi connectivity index (χ2n) is 13.1. The van der Waals surface area contributed by atoms with Crippen molar-refractivity contribution >= 4 is 24.6 Å². The summed E-state index contributed by atoms with van der Waals surface area (Å²) in [5, 5.41) is 17.5. The highest BCUT2D eigenvalue weighted by Gasteiger charge is 2.68. The van der Waals surface area contributed by atoms with E-state index in [1.165, 1.54) is 12.1 Å². The number of nitrogens with one attached hydrogen (secondary N) is 2. The molecular formula is C31H40BN3O6. The fourth-order valence-corrected chi connectivity index (χ4v) is 7.21. The van der Waals surface area contributed by atoms with Crippen molar-refractivity contribution in [1.82, 2.24) is 10.6 Å². The number of rotatable bonds is 10. The molecule has 9 nitrogen and oxygen atoms in total. The summed E-state index contributed by atoms with van der Waals surface area (Å²) in [5.74, 6) is 0.270. The van der Waals surface area contributed by atoms with Gasteiger partial charge < -0.3 is 19.9 Å². The third-order valence-electron chi connectivity index (χ3n) is 9.58. The van der Waals surface area contributed by atoms with E-state index in [0.717, 1.165) is 12.8 Å². The van der Waals surface area contributed by atoms with Crippen LogP contribution in [-0.4, -0.2) is 41.5 Å². The summed E-state index contributed by atoms with van der Waals surface area (Å²) >= 11 is 0. The molecular weight excluding hydrogens is 521 g/mol. The van der Waals surface area contributed by atoms with Crippen LogP contribution in [-0.2, 0) is 14.1 Å². The van der Waals surface area contributed by atoms with Gasteiger partial charge in [-0.2, -0.15) is 0 Å². The molecule has 2 bridgehead atoms. The van der Waals surface area contributed by atoms with E-state index in [9.17, 15) is 19.7 Å². The van der Waals surface area contributed by atoms with Crippen LogP contribution in [0.5, 0.6) is 0 Å². The van der Waals surface area contributed by atoms with Gasteiger partial charge in [0, 0.05) is 17.7 Å². The number of non-ortho nitro benzene ring substituents is 1. The minimum atomic E-state index is -0.777. The lowest BCUT2D eigenvalue weighted by Crippen LogP contribution is -2.65. The van der Waals surface area contributed by atoms with Crippen LogP contribution in [0.3, 0.4) is 0 Å². The molecule has 2 amide bonds. The van der Waals surface area contributed by atoms with Crippen molar-refractivity contribution in [1.29, 1.82) is 0 Å². The molecule has 6 rings (SSSR count). The Bertz CT molecular complexity index is 1300. The Morgan fingerprint density at radius 3 is 2.46 bits per heavy atom. The van der Waals surface area contributed by atoms with Crippen LogP contribution in [0.15, 0.2) is 54.6 Å². The standard InChI is InChI=1S/C31H40BN3O6/c1-19(2)14-27(32-40-26-17-22-16-25(30(22,3)4)31(26,5)41-32)34-28(36)18-24(21-12-9-13-23(15-21)35(38)39)33-29(37)20-10-7-6-8-11-20/h6-13,15,19,22,24-27H,14,16-18H2,1-5H3,(H,33,37)(H,34,36)/t22-,24?,25-,26+,27-,31-/m0/s1. The molecule has 1 unspecified atom stereocenters. The van der Waals surface area contributed by atoms with E-state index in [4.69, 9.17) is 9.31 Å². The smallest absolute Gasteiger partial charge is 0.404 e. The lowest BCUT2D eigenvalue weighted by molar-refractivity contribution is -0.384. The minimum Gasteiger partial charge on any atom is -0.404 e. The molecule has 41 heavy (non-hydrogen) atoms. The lowest BCUT2D eigenvalue weighted by atomic mass is 9.43. The topological polar surface area (TPSA) is 120 Å². The fraction of sp³-hybridized carbons (Fsp3) is 0.548. The van der Waals surface area contributed by atoms with Gasteiger partial charge in [-0.3, -0.25) is 19.7 Å². The third kappa shape index (κ3) is 5.77. The van der Waals surface area contributed by atoms with Crippen LogP contribution in [0.1, 0.15) is 82.3 Å². The first-order valence-corrected chi connectivity index (χ1v) is 14.6. The second-order valence-corrected chi connectivity index (χ2v) is 13.1. The summed E-state index contributed by atoms with van der Waals surface area (Å²) in [6.07, 6.45) is 2.66. The average molecular weight is 561 g/mol. The number of hydrogen-bond donors (Lipinski definition) is 2. The van der Waals surface area contributed by atoms with Crippen molar-refractivity contribution in [2.75, 3.05) is 0 Å². The molecule has 2 aromatic rings. The van der Waals surface area contributed by atoms with Gasteiger partial charge in [0.05, 0.1) is 35.0 Å². The largest absolute Gasteiger partial charge is 0.481 e. The quantitative estimate of drug-likeness (QED) is 0.232. The Labute approximate surface area is 242 Å². The van der Waals surface area contributed by atoms with Gasteiger partial charge >= 0.3 is 7.12 Å². The summed E-state index contributed by atoms with van der Waals surface area (Å²) in [6.45, 7) is 11.0. The number of hydrogen-bond acceptors (Lipinski definition) is 6. The van der Waals surface area contributed by atoms with E-state index in [1.807, 2.05) is 6.07 Å². The monoisotopic (exact) mass is 561 g/mol. The number of nitro groups is 1. The summed E-state index contributed by atoms with van der Waals surface area (Å²) in [4.78, 5) is 37.6. The number of carbonyl (C=O) groups excluding carboxylic acids is 2. The highest BCUT2D eigenvalue weighted by Crippen LogP contribution is 2.65. The second kappa shape index (κ2) is 11.2. The summed E-state index contributed by atoms with van der Waals surface area (Å²) in [5.41, 5.74) is 0.629. The lowest BCUT2D eigenvalue weighted by Gasteiger charge is -2.64. The predicted molar refractivity (Wildman–Crippen MR) is 156 cm³/mol. The maximum atomic E-state index is 13.6. The van der Waals surface area contributed by atoms with Crippen LogP contribution < -0.4 is 10.6 Å². The first kappa shape index (κ1) is 29.3. The third-order valence-corrected chi connectivity index (χ3v) is 9.58. The zero-order valence-electron chi connectivity index (χ0n) is 24.5. The van der Waals surface area contributed by atoms with Gasteiger partial charge in [-0.1, -0.05) is 58.0 Å². The highest BCUT2D eigenvalue weighted by molar-refractivity contribution is 6.47. The molecule has 2 N–H and O–H groups in total. The van der Waals surface area contributed by atoms with Gasteiger partial charge in [0.1, 0.15) is 0 Å².